The van der Waals surface area contributed by atoms with Crippen molar-refractivity contribution < 1.29 is 8.42 Å². The molecule has 0 aromatic heterocycles. The van der Waals surface area contributed by atoms with Gasteiger partial charge in [-0.3, -0.25) is 0 Å². The Balaban J connectivity index is 1.92. The van der Waals surface area contributed by atoms with E-state index < -0.39 is 10.0 Å². The largest absolute Gasteiger partial charge is 0.243 e. The Kier molecular flexibility index (Phi) is 3.97. The van der Waals surface area contributed by atoms with Crippen LogP contribution in [0.2, 0.25) is 0 Å². The van der Waals surface area contributed by atoms with Crippen LogP contribution in [-0.2, 0) is 15.4 Å². The quantitative estimate of drug-likeness (QED) is 0.784. The Bertz CT molecular complexity index is 728. The summed E-state index contributed by atoms with van der Waals surface area (Å²) in [4.78, 5) is 0.435. The third kappa shape index (κ3) is 3.15. The summed E-state index contributed by atoms with van der Waals surface area (Å²) in [6.45, 7) is 13.9. The lowest BCUT2D eigenvalue weighted by Gasteiger charge is -2.39. The fourth-order valence-corrected chi connectivity index (χ4v) is 6.73. The highest BCUT2D eigenvalue weighted by Gasteiger charge is 2.53. The van der Waals surface area contributed by atoms with E-state index in [-0.39, 0.29) is 22.3 Å². The van der Waals surface area contributed by atoms with Gasteiger partial charge in [0.15, 0.2) is 0 Å². The lowest BCUT2D eigenvalue weighted by molar-refractivity contribution is 0.133. The predicted molar refractivity (Wildman–Crippen MR) is 98.6 cm³/mol. The number of benzene rings is 1. The molecule has 2 fully saturated rings. The van der Waals surface area contributed by atoms with E-state index in [0.717, 1.165) is 24.8 Å². The second kappa shape index (κ2) is 5.31. The molecule has 3 nitrogen and oxygen atoms in total. The minimum absolute atomic E-state index is 0.0317. The fraction of sp³-hybridized carbons (Fsp3) is 0.700. The van der Waals surface area contributed by atoms with E-state index in [1.807, 2.05) is 12.1 Å². The summed E-state index contributed by atoms with van der Waals surface area (Å²) in [5.74, 6) is 0. The number of hydrogen-bond donors (Lipinski definition) is 0. The van der Waals surface area contributed by atoms with Crippen molar-refractivity contribution >= 4 is 10.0 Å². The topological polar surface area (TPSA) is 37.4 Å². The van der Waals surface area contributed by atoms with E-state index >= 15 is 0 Å². The van der Waals surface area contributed by atoms with E-state index in [0.29, 0.717) is 11.4 Å². The molecular formula is C20H31NO2S. The van der Waals surface area contributed by atoms with Crippen molar-refractivity contribution in [2.75, 3.05) is 6.54 Å². The molecule has 2 aliphatic rings. The highest BCUT2D eigenvalue weighted by molar-refractivity contribution is 7.89. The third-order valence-electron chi connectivity index (χ3n) is 5.69. The maximum atomic E-state index is 13.2. The van der Waals surface area contributed by atoms with Crippen LogP contribution < -0.4 is 0 Å². The van der Waals surface area contributed by atoms with Crippen LogP contribution in [0.15, 0.2) is 29.2 Å². The summed E-state index contributed by atoms with van der Waals surface area (Å²) in [7, 11) is -3.41. The van der Waals surface area contributed by atoms with Crippen LogP contribution in [0.4, 0.5) is 0 Å². The first-order chi connectivity index (χ1) is 10.8. The molecule has 24 heavy (non-hydrogen) atoms. The molecule has 1 heterocycles. The molecule has 134 valence electrons. The molecule has 0 amide bonds. The standard InChI is InChI=1S/C20H31NO2S/c1-18(2,3)15-7-9-17(10-8-15)24(22,23)21-14-20(6)12-16(21)11-19(4,5)13-20/h7-10,16H,11-14H2,1-6H3. The van der Waals surface area contributed by atoms with Crippen molar-refractivity contribution in [2.45, 2.75) is 77.2 Å². The summed E-state index contributed by atoms with van der Waals surface area (Å²) in [6.07, 6.45) is 3.06. The zero-order chi connectivity index (χ0) is 18.0. The van der Waals surface area contributed by atoms with Crippen molar-refractivity contribution in [1.82, 2.24) is 4.31 Å². The molecule has 2 unspecified atom stereocenters. The molecule has 3 rings (SSSR count). The van der Waals surface area contributed by atoms with E-state index in [2.05, 4.69) is 41.5 Å². The van der Waals surface area contributed by atoms with Crippen LogP contribution in [0.1, 0.15) is 66.4 Å². The second-order valence-corrected chi connectivity index (χ2v) is 11.9. The third-order valence-corrected chi connectivity index (χ3v) is 7.61. The molecule has 0 spiro atoms. The van der Waals surface area contributed by atoms with Crippen molar-refractivity contribution in [3.63, 3.8) is 0 Å². The minimum atomic E-state index is -3.41. The molecule has 2 atom stereocenters. The van der Waals surface area contributed by atoms with Crippen LogP contribution in [0.5, 0.6) is 0 Å². The highest BCUT2D eigenvalue weighted by atomic mass is 32.2. The van der Waals surface area contributed by atoms with Gasteiger partial charge in [-0.05, 0) is 53.2 Å². The summed E-state index contributed by atoms with van der Waals surface area (Å²) >= 11 is 0. The molecule has 0 radical (unpaired) electrons. The highest BCUT2D eigenvalue weighted by Crippen LogP contribution is 2.53. The van der Waals surface area contributed by atoms with Crippen LogP contribution in [-0.4, -0.2) is 25.3 Å². The van der Waals surface area contributed by atoms with Crippen molar-refractivity contribution in [2.24, 2.45) is 10.8 Å². The average Bonchev–Trinajstić information content (AvgIpc) is 2.67. The number of fused-ring (bicyclic) bond motifs is 2. The van der Waals surface area contributed by atoms with E-state index in [9.17, 15) is 8.42 Å². The Morgan fingerprint density at radius 1 is 1.04 bits per heavy atom. The van der Waals surface area contributed by atoms with Gasteiger partial charge in [0.2, 0.25) is 10.0 Å². The smallest absolute Gasteiger partial charge is 0.207 e. The second-order valence-electron chi connectivity index (χ2n) is 10.0. The minimum Gasteiger partial charge on any atom is -0.207 e. The van der Waals surface area contributed by atoms with Crippen LogP contribution in [0.3, 0.4) is 0 Å². The van der Waals surface area contributed by atoms with Gasteiger partial charge in [0.1, 0.15) is 0 Å². The van der Waals surface area contributed by atoms with Gasteiger partial charge in [-0.25, -0.2) is 8.42 Å². The van der Waals surface area contributed by atoms with Crippen molar-refractivity contribution in [3.8, 4) is 0 Å². The van der Waals surface area contributed by atoms with Crippen molar-refractivity contribution in [1.29, 1.82) is 0 Å². The number of rotatable bonds is 2. The Hall–Kier alpha value is -0.870. The Morgan fingerprint density at radius 3 is 2.17 bits per heavy atom. The Labute approximate surface area is 147 Å². The Morgan fingerprint density at radius 2 is 1.62 bits per heavy atom. The van der Waals surface area contributed by atoms with Gasteiger partial charge in [-0.2, -0.15) is 4.31 Å². The van der Waals surface area contributed by atoms with E-state index in [4.69, 9.17) is 0 Å². The zero-order valence-electron chi connectivity index (χ0n) is 15.9. The van der Waals surface area contributed by atoms with Gasteiger partial charge in [-0.15, -0.1) is 0 Å². The molecular weight excluding hydrogens is 318 g/mol. The molecule has 1 saturated heterocycles. The van der Waals surface area contributed by atoms with Gasteiger partial charge in [-0.1, -0.05) is 53.7 Å². The molecule has 1 aliphatic carbocycles. The normalized spacial score (nSPS) is 30.5. The molecule has 4 heteroatoms. The number of hydrogen-bond acceptors (Lipinski definition) is 2. The van der Waals surface area contributed by atoms with Gasteiger partial charge in [0.25, 0.3) is 0 Å². The SMILES string of the molecule is CC1(C)CC2CC(C)(CN2S(=O)(=O)c2ccc(C(C)(C)C)cc2)C1. The average molecular weight is 350 g/mol. The van der Waals surface area contributed by atoms with Gasteiger partial charge >= 0.3 is 0 Å². The fourth-order valence-electron chi connectivity index (χ4n) is 4.95. The number of sulfonamides is 1. The molecule has 1 aliphatic heterocycles. The van der Waals surface area contributed by atoms with Gasteiger partial charge in [0.05, 0.1) is 4.90 Å². The molecule has 0 N–H and O–H groups in total. The first-order valence-corrected chi connectivity index (χ1v) is 10.4. The monoisotopic (exact) mass is 349 g/mol. The summed E-state index contributed by atoms with van der Waals surface area (Å²) in [5, 5.41) is 0. The summed E-state index contributed by atoms with van der Waals surface area (Å²) in [6, 6.07) is 7.63. The van der Waals surface area contributed by atoms with E-state index in [1.165, 1.54) is 0 Å². The first-order valence-electron chi connectivity index (χ1n) is 8.95. The first kappa shape index (κ1) is 17.9. The maximum absolute atomic E-state index is 13.2. The summed E-state index contributed by atoms with van der Waals surface area (Å²) in [5.41, 5.74) is 1.53. The van der Waals surface area contributed by atoms with E-state index in [1.54, 1.807) is 16.4 Å². The molecule has 2 bridgehead atoms. The van der Waals surface area contributed by atoms with Gasteiger partial charge < -0.3 is 0 Å². The van der Waals surface area contributed by atoms with Crippen LogP contribution >= 0.6 is 0 Å². The van der Waals surface area contributed by atoms with Crippen LogP contribution in [0.25, 0.3) is 0 Å². The van der Waals surface area contributed by atoms with Crippen molar-refractivity contribution in [3.05, 3.63) is 29.8 Å². The van der Waals surface area contributed by atoms with Crippen LogP contribution in [0, 0.1) is 10.8 Å². The molecule has 1 aromatic rings. The predicted octanol–water partition coefficient (Wildman–Crippen LogP) is 4.57. The lowest BCUT2D eigenvalue weighted by atomic mass is 9.65. The number of nitrogens with zero attached hydrogens (tertiary/aromatic N) is 1. The summed E-state index contributed by atoms with van der Waals surface area (Å²) < 4.78 is 28.2. The molecule has 1 saturated carbocycles. The lowest BCUT2D eigenvalue weighted by Crippen LogP contribution is -2.37. The zero-order valence-corrected chi connectivity index (χ0v) is 16.7. The molecule has 1 aromatic carbocycles. The van der Waals surface area contributed by atoms with Gasteiger partial charge in [0, 0.05) is 12.6 Å². The maximum Gasteiger partial charge on any atom is 0.243 e.